The predicted octanol–water partition coefficient (Wildman–Crippen LogP) is 5.10. The second-order valence-electron chi connectivity index (χ2n) is 8.59. The fourth-order valence-electron chi connectivity index (χ4n) is 5.25. The van der Waals surface area contributed by atoms with Gasteiger partial charge >= 0.3 is 191 Å². The first-order chi connectivity index (χ1) is 15.5. The third kappa shape index (κ3) is 3.09. The number of unbranched alkanes of at least 4 members (excludes halogenated alkanes) is 1. The molecular weight excluding hydrogens is 417 g/mol. The number of methoxy groups -OCH3 is 1. The number of hydrogen-bond donors (Lipinski definition) is 0. The van der Waals surface area contributed by atoms with Gasteiger partial charge in [-0.1, -0.05) is 0 Å². The molecule has 3 aromatic rings. The Morgan fingerprint density at radius 3 is 1.91 bits per heavy atom. The second-order valence-corrected chi connectivity index (χ2v) is 13.0. The monoisotopic (exact) mass is 448 g/mol. The van der Waals surface area contributed by atoms with Crippen LogP contribution in [0.3, 0.4) is 0 Å². The Kier molecular flexibility index (Phi) is 6.11. The zero-order valence-corrected chi connectivity index (χ0v) is 19.9. The van der Waals surface area contributed by atoms with Crippen molar-refractivity contribution in [2.45, 2.75) is 44.4 Å². The summed E-state index contributed by atoms with van der Waals surface area (Å²) in [6, 6.07) is 30.5. The Bertz CT molecular complexity index is 1030. The van der Waals surface area contributed by atoms with E-state index >= 15 is 0 Å². The van der Waals surface area contributed by atoms with Gasteiger partial charge in [-0.05, 0) is 0 Å². The molecule has 1 heterocycles. The predicted molar refractivity (Wildman–Crippen MR) is 132 cm³/mol. The number of rotatable bonds is 7. The standard InChI is InChI=1S/C27H32NO3P/c1-4-5-21-27(2)25(22-15-9-6-10-16-22)31-32(27,28-26(29)30-3,23-17-11-7-12-18-23)24-19-13-8-14-20-24/h6-20,25H,4-5,21H2,1-3H3,(H,28,29)/p-1. The molecule has 1 fully saturated rings. The summed E-state index contributed by atoms with van der Waals surface area (Å²) in [5.74, 6) is 0. The zero-order valence-electron chi connectivity index (χ0n) is 19.0. The van der Waals surface area contributed by atoms with Crippen molar-refractivity contribution in [1.82, 2.24) is 0 Å². The molecule has 0 aliphatic carbocycles. The normalized spacial score (nSPS) is 25.2. The Balaban J connectivity index is 2.09. The molecule has 0 N–H and O–H groups in total. The molecule has 1 saturated heterocycles. The molecule has 3 aromatic carbocycles. The number of ether oxygens (including phenoxy) is 1. The van der Waals surface area contributed by atoms with E-state index in [0.717, 1.165) is 35.4 Å². The molecule has 4 nitrogen and oxygen atoms in total. The van der Waals surface area contributed by atoms with E-state index in [-0.39, 0.29) is 6.10 Å². The van der Waals surface area contributed by atoms with E-state index in [2.05, 4.69) is 50.2 Å². The first-order valence-corrected chi connectivity index (χ1v) is 13.3. The summed E-state index contributed by atoms with van der Waals surface area (Å²) in [5, 5.41) is 14.4. The molecule has 0 amide bonds. The minimum atomic E-state index is -3.84. The van der Waals surface area contributed by atoms with Crippen LogP contribution in [0, 0.1) is 0 Å². The molecule has 2 atom stereocenters. The van der Waals surface area contributed by atoms with E-state index in [1.165, 1.54) is 7.11 Å². The van der Waals surface area contributed by atoms with Gasteiger partial charge in [0.1, 0.15) is 0 Å². The SMILES string of the molecule is CCCCC1(C)C(c2ccccc2)OP1(N=C([O-])OC)(c1ccccc1)c1ccccc1. The van der Waals surface area contributed by atoms with Gasteiger partial charge in [0.05, 0.1) is 0 Å². The maximum atomic E-state index is 12.9. The Morgan fingerprint density at radius 1 is 0.938 bits per heavy atom. The summed E-state index contributed by atoms with van der Waals surface area (Å²) in [6.45, 7) is 0.613. The summed E-state index contributed by atoms with van der Waals surface area (Å²) in [5.41, 5.74) is 1.11. The molecule has 4 rings (SSSR count). The average Bonchev–Trinajstić information content (AvgIpc) is 2.86. The van der Waals surface area contributed by atoms with Crippen LogP contribution in [-0.2, 0) is 9.26 Å². The molecule has 0 aromatic heterocycles. The van der Waals surface area contributed by atoms with Gasteiger partial charge in [-0.2, -0.15) is 0 Å². The average molecular weight is 449 g/mol. The molecule has 1 aliphatic heterocycles. The van der Waals surface area contributed by atoms with Crippen LogP contribution >= 0.6 is 6.98 Å². The molecule has 0 radical (unpaired) electrons. The van der Waals surface area contributed by atoms with E-state index in [1.807, 2.05) is 54.6 Å². The Hall–Kier alpha value is -2.68. The van der Waals surface area contributed by atoms with Crippen LogP contribution in [0.4, 0.5) is 0 Å². The quantitative estimate of drug-likeness (QED) is 0.287. The van der Waals surface area contributed by atoms with E-state index in [4.69, 9.17) is 14.0 Å². The fourth-order valence-corrected chi connectivity index (χ4v) is 11.4. The van der Waals surface area contributed by atoms with E-state index in [1.54, 1.807) is 0 Å². The molecule has 168 valence electrons. The zero-order chi connectivity index (χ0) is 22.7. The molecule has 0 bridgehead atoms. The number of hydrogen-bond acceptors (Lipinski definition) is 4. The number of nitrogens with zero attached hydrogens (tertiary/aromatic N) is 1. The van der Waals surface area contributed by atoms with Crippen molar-refractivity contribution in [2.24, 2.45) is 4.76 Å². The third-order valence-corrected chi connectivity index (χ3v) is 12.9. The molecule has 5 heteroatoms. The fraction of sp³-hybridized carbons (Fsp3) is 0.296. The van der Waals surface area contributed by atoms with Gasteiger partial charge in [0, 0.05) is 0 Å². The van der Waals surface area contributed by atoms with Gasteiger partial charge < -0.3 is 0 Å². The van der Waals surface area contributed by atoms with Crippen molar-refractivity contribution in [3.63, 3.8) is 0 Å². The summed E-state index contributed by atoms with van der Waals surface area (Å²) >= 11 is 0. The summed E-state index contributed by atoms with van der Waals surface area (Å²) < 4.78 is 17.2. The summed E-state index contributed by atoms with van der Waals surface area (Å²) in [4.78, 5) is 0. The third-order valence-electron chi connectivity index (χ3n) is 6.88. The van der Waals surface area contributed by atoms with Crippen molar-refractivity contribution in [1.29, 1.82) is 0 Å². The first-order valence-electron chi connectivity index (χ1n) is 11.2. The van der Waals surface area contributed by atoms with Crippen LogP contribution in [-0.4, -0.2) is 18.3 Å². The summed E-state index contributed by atoms with van der Waals surface area (Å²) in [7, 11) is 1.38. The topological polar surface area (TPSA) is 53.9 Å². The van der Waals surface area contributed by atoms with Gasteiger partial charge in [0.25, 0.3) is 0 Å². The Morgan fingerprint density at radius 2 is 1.44 bits per heavy atom. The minimum absolute atomic E-state index is 0.179. The van der Waals surface area contributed by atoms with Crippen molar-refractivity contribution < 1.29 is 14.4 Å². The van der Waals surface area contributed by atoms with Crippen LogP contribution in [0.5, 0.6) is 0 Å². The van der Waals surface area contributed by atoms with E-state index in [0.29, 0.717) is 0 Å². The molecule has 32 heavy (non-hydrogen) atoms. The van der Waals surface area contributed by atoms with Crippen LogP contribution in [0.2, 0.25) is 0 Å². The van der Waals surface area contributed by atoms with Crippen molar-refractivity contribution in [2.75, 3.05) is 7.11 Å². The summed E-state index contributed by atoms with van der Waals surface area (Å²) in [6.07, 6.45) is 2.17. The van der Waals surface area contributed by atoms with Crippen molar-refractivity contribution >= 4 is 23.7 Å². The van der Waals surface area contributed by atoms with Crippen LogP contribution in [0.1, 0.15) is 44.8 Å². The van der Waals surface area contributed by atoms with Crippen molar-refractivity contribution in [3.8, 4) is 0 Å². The van der Waals surface area contributed by atoms with Gasteiger partial charge in [0.15, 0.2) is 0 Å². The molecule has 0 spiro atoms. The van der Waals surface area contributed by atoms with Gasteiger partial charge in [-0.3, -0.25) is 0 Å². The van der Waals surface area contributed by atoms with Crippen LogP contribution < -0.4 is 15.7 Å². The van der Waals surface area contributed by atoms with Crippen LogP contribution in [0.25, 0.3) is 0 Å². The maximum absolute atomic E-state index is 12.9. The molecule has 0 saturated carbocycles. The number of benzene rings is 3. The second kappa shape index (κ2) is 8.69. The molecule has 1 aliphatic rings. The van der Waals surface area contributed by atoms with E-state index in [9.17, 15) is 5.11 Å². The van der Waals surface area contributed by atoms with Crippen molar-refractivity contribution in [3.05, 3.63) is 96.6 Å². The van der Waals surface area contributed by atoms with E-state index < -0.39 is 18.2 Å². The molecule has 2 unspecified atom stereocenters. The Labute approximate surface area is 191 Å². The first kappa shape index (κ1) is 22.5. The van der Waals surface area contributed by atoms with Gasteiger partial charge in [0.2, 0.25) is 0 Å². The van der Waals surface area contributed by atoms with Gasteiger partial charge in [-0.25, -0.2) is 0 Å². The van der Waals surface area contributed by atoms with Crippen LogP contribution in [0.15, 0.2) is 95.8 Å². The van der Waals surface area contributed by atoms with Gasteiger partial charge in [-0.15, -0.1) is 0 Å². The molecular formula is C27H31NO3P-.